The molecule has 0 amide bonds. The normalized spacial score (nSPS) is 12.1. The van der Waals surface area contributed by atoms with Crippen molar-refractivity contribution < 1.29 is 4.74 Å². The second-order valence-electron chi connectivity index (χ2n) is 4.64. The minimum Gasteiger partial charge on any atom is -0.494 e. The van der Waals surface area contributed by atoms with Crippen LogP contribution in [-0.4, -0.2) is 18.1 Å². The number of hydrogen-bond acceptors (Lipinski definition) is 3. The van der Waals surface area contributed by atoms with Crippen molar-refractivity contribution in [2.75, 3.05) is 13.2 Å². The lowest BCUT2D eigenvalue weighted by Crippen LogP contribution is -2.23. The van der Waals surface area contributed by atoms with Gasteiger partial charge in [0.1, 0.15) is 5.75 Å². The van der Waals surface area contributed by atoms with E-state index in [0.29, 0.717) is 6.61 Å². The Bertz CT molecular complexity index is 513. The Morgan fingerprint density at radius 1 is 1.15 bits per heavy atom. The monoisotopic (exact) mass is 270 g/mol. The number of benzene rings is 1. The molecule has 0 aliphatic heterocycles. The summed E-state index contributed by atoms with van der Waals surface area (Å²) in [6.45, 7) is 5.74. The van der Waals surface area contributed by atoms with Gasteiger partial charge in [0.2, 0.25) is 0 Å². The highest BCUT2D eigenvalue weighted by molar-refractivity contribution is 5.31. The molecule has 3 heteroatoms. The van der Waals surface area contributed by atoms with Crippen LogP contribution in [0.15, 0.2) is 48.7 Å². The van der Waals surface area contributed by atoms with Gasteiger partial charge in [-0.15, -0.1) is 0 Å². The number of hydrogen-bond donors (Lipinski definition) is 1. The fraction of sp³-hybridized carbons (Fsp3) is 0.353. The molecule has 0 aliphatic carbocycles. The molecule has 0 aliphatic rings. The Morgan fingerprint density at radius 3 is 2.75 bits per heavy atom. The Morgan fingerprint density at radius 2 is 2.05 bits per heavy atom. The molecule has 0 saturated carbocycles. The Balaban J connectivity index is 2.17. The molecule has 0 fully saturated rings. The van der Waals surface area contributed by atoms with Gasteiger partial charge >= 0.3 is 0 Å². The van der Waals surface area contributed by atoms with Gasteiger partial charge in [-0.3, -0.25) is 4.98 Å². The smallest absolute Gasteiger partial charge is 0.119 e. The van der Waals surface area contributed by atoms with Gasteiger partial charge in [-0.05, 0) is 43.3 Å². The quantitative estimate of drug-likeness (QED) is 0.837. The molecule has 1 unspecified atom stereocenters. The van der Waals surface area contributed by atoms with Crippen LogP contribution in [0.2, 0.25) is 0 Å². The molecule has 0 saturated heterocycles. The van der Waals surface area contributed by atoms with E-state index in [4.69, 9.17) is 4.74 Å². The van der Waals surface area contributed by atoms with Crippen LogP contribution < -0.4 is 10.1 Å². The number of likely N-dealkylation sites (N-methyl/N-ethyl adjacent to an activating group) is 1. The molecule has 0 bridgehead atoms. The minimum atomic E-state index is 0.260. The summed E-state index contributed by atoms with van der Waals surface area (Å²) in [6, 6.07) is 14.6. The first-order valence-corrected chi connectivity index (χ1v) is 7.19. The zero-order valence-electron chi connectivity index (χ0n) is 12.2. The first-order valence-electron chi connectivity index (χ1n) is 7.19. The molecular weight excluding hydrogens is 248 g/mol. The van der Waals surface area contributed by atoms with Crippen molar-refractivity contribution >= 4 is 0 Å². The van der Waals surface area contributed by atoms with E-state index in [0.717, 1.165) is 24.4 Å². The predicted molar refractivity (Wildman–Crippen MR) is 82.0 cm³/mol. The lowest BCUT2D eigenvalue weighted by Gasteiger charge is -2.19. The van der Waals surface area contributed by atoms with Crippen LogP contribution in [0.25, 0.3) is 0 Å². The van der Waals surface area contributed by atoms with Gasteiger partial charge in [-0.25, -0.2) is 0 Å². The topological polar surface area (TPSA) is 34.2 Å². The Kier molecular flexibility index (Phi) is 5.56. The molecule has 20 heavy (non-hydrogen) atoms. The van der Waals surface area contributed by atoms with E-state index in [-0.39, 0.29) is 6.04 Å². The molecule has 1 aromatic heterocycles. The van der Waals surface area contributed by atoms with Crippen molar-refractivity contribution in [3.63, 3.8) is 0 Å². The van der Waals surface area contributed by atoms with Gasteiger partial charge in [-0.2, -0.15) is 0 Å². The molecule has 0 spiro atoms. The van der Waals surface area contributed by atoms with E-state index in [1.54, 1.807) is 0 Å². The fourth-order valence-corrected chi connectivity index (χ4v) is 2.27. The van der Waals surface area contributed by atoms with E-state index >= 15 is 0 Å². The first kappa shape index (κ1) is 14.5. The highest BCUT2D eigenvalue weighted by atomic mass is 16.5. The van der Waals surface area contributed by atoms with E-state index in [1.807, 2.05) is 37.4 Å². The van der Waals surface area contributed by atoms with Crippen LogP contribution in [0, 0.1) is 0 Å². The van der Waals surface area contributed by atoms with E-state index in [2.05, 4.69) is 35.4 Å². The maximum atomic E-state index is 5.58. The highest BCUT2D eigenvalue weighted by Crippen LogP contribution is 2.22. The number of nitrogens with zero attached hydrogens (tertiary/aromatic N) is 1. The molecule has 2 rings (SSSR count). The summed E-state index contributed by atoms with van der Waals surface area (Å²) in [7, 11) is 0. The summed E-state index contributed by atoms with van der Waals surface area (Å²) in [5.74, 6) is 0.925. The van der Waals surface area contributed by atoms with Gasteiger partial charge in [0.05, 0.1) is 6.61 Å². The minimum absolute atomic E-state index is 0.260. The molecule has 1 atom stereocenters. The molecule has 1 aromatic carbocycles. The maximum Gasteiger partial charge on any atom is 0.119 e. The lowest BCUT2D eigenvalue weighted by molar-refractivity contribution is 0.339. The Hall–Kier alpha value is -1.87. The van der Waals surface area contributed by atoms with Gasteiger partial charge < -0.3 is 10.1 Å². The van der Waals surface area contributed by atoms with Crippen LogP contribution >= 0.6 is 0 Å². The number of aromatic nitrogens is 1. The molecule has 1 heterocycles. The Labute approximate surface area is 121 Å². The van der Waals surface area contributed by atoms with Crippen molar-refractivity contribution in [1.29, 1.82) is 0 Å². The summed E-state index contributed by atoms with van der Waals surface area (Å²) in [6.07, 6.45) is 2.72. The number of pyridine rings is 1. The highest BCUT2D eigenvalue weighted by Gasteiger charge is 2.12. The standard InChI is InChI=1S/C17H22N2O/c1-3-18-17(13-15-9-5-6-11-19-15)14-8-7-10-16(12-14)20-4-2/h5-12,17-18H,3-4,13H2,1-2H3. The lowest BCUT2D eigenvalue weighted by atomic mass is 10.0. The van der Waals surface area contributed by atoms with E-state index < -0.39 is 0 Å². The average molecular weight is 270 g/mol. The first-order chi connectivity index (χ1) is 9.83. The number of ether oxygens (including phenoxy) is 1. The number of rotatable bonds is 7. The predicted octanol–water partition coefficient (Wildman–Crippen LogP) is 3.37. The zero-order valence-corrected chi connectivity index (χ0v) is 12.2. The van der Waals surface area contributed by atoms with Crippen LogP contribution in [0.3, 0.4) is 0 Å². The maximum absolute atomic E-state index is 5.58. The molecular formula is C17H22N2O. The summed E-state index contributed by atoms with van der Waals surface area (Å²) in [5.41, 5.74) is 2.34. The average Bonchev–Trinajstić information content (AvgIpc) is 2.49. The molecule has 0 radical (unpaired) electrons. The molecule has 2 aromatic rings. The van der Waals surface area contributed by atoms with Gasteiger partial charge in [0.15, 0.2) is 0 Å². The van der Waals surface area contributed by atoms with Crippen LogP contribution in [-0.2, 0) is 6.42 Å². The summed E-state index contributed by atoms with van der Waals surface area (Å²) in [5, 5.41) is 3.52. The van der Waals surface area contributed by atoms with Crippen molar-refractivity contribution in [3.05, 3.63) is 59.9 Å². The van der Waals surface area contributed by atoms with Crippen molar-refractivity contribution in [1.82, 2.24) is 10.3 Å². The molecule has 106 valence electrons. The van der Waals surface area contributed by atoms with Crippen LogP contribution in [0.5, 0.6) is 5.75 Å². The zero-order chi connectivity index (χ0) is 14.2. The summed E-state index contributed by atoms with van der Waals surface area (Å²) >= 11 is 0. The largest absolute Gasteiger partial charge is 0.494 e. The van der Waals surface area contributed by atoms with Gasteiger partial charge in [0.25, 0.3) is 0 Å². The fourth-order valence-electron chi connectivity index (χ4n) is 2.27. The third-order valence-electron chi connectivity index (χ3n) is 3.16. The van der Waals surface area contributed by atoms with Crippen molar-refractivity contribution in [2.24, 2.45) is 0 Å². The summed E-state index contributed by atoms with van der Waals surface area (Å²) in [4.78, 5) is 4.41. The van der Waals surface area contributed by atoms with Crippen LogP contribution in [0.4, 0.5) is 0 Å². The van der Waals surface area contributed by atoms with Crippen LogP contribution in [0.1, 0.15) is 31.1 Å². The third-order valence-corrected chi connectivity index (χ3v) is 3.16. The van der Waals surface area contributed by atoms with E-state index in [9.17, 15) is 0 Å². The SMILES string of the molecule is CCNC(Cc1ccccn1)c1cccc(OCC)c1. The van der Waals surface area contributed by atoms with Gasteiger partial charge in [-0.1, -0.05) is 25.1 Å². The molecule has 3 nitrogen and oxygen atoms in total. The molecule has 1 N–H and O–H groups in total. The summed E-state index contributed by atoms with van der Waals surface area (Å²) < 4.78 is 5.58. The van der Waals surface area contributed by atoms with Gasteiger partial charge in [0, 0.05) is 24.4 Å². The second kappa shape index (κ2) is 7.65. The number of nitrogens with one attached hydrogen (secondary N) is 1. The second-order valence-corrected chi connectivity index (χ2v) is 4.64. The van der Waals surface area contributed by atoms with Crippen molar-refractivity contribution in [3.8, 4) is 5.75 Å². The van der Waals surface area contributed by atoms with E-state index in [1.165, 1.54) is 5.56 Å². The third kappa shape index (κ3) is 4.07. The van der Waals surface area contributed by atoms with Crippen molar-refractivity contribution in [2.45, 2.75) is 26.3 Å².